The highest BCUT2D eigenvalue weighted by molar-refractivity contribution is 6.32. The van der Waals surface area contributed by atoms with Crippen LogP contribution in [0.25, 0.3) is 0 Å². The lowest BCUT2D eigenvalue weighted by atomic mass is 10.1. The first-order valence-corrected chi connectivity index (χ1v) is 8.48. The van der Waals surface area contributed by atoms with Gasteiger partial charge in [-0.3, -0.25) is 14.5 Å². The van der Waals surface area contributed by atoms with Crippen LogP contribution in [0.2, 0.25) is 5.02 Å². The first kappa shape index (κ1) is 16.4. The Labute approximate surface area is 141 Å². The number of benzene rings is 1. The highest BCUT2D eigenvalue weighted by atomic mass is 35.5. The molecule has 1 aromatic carbocycles. The number of carbonyl (C=O) groups is 2. The van der Waals surface area contributed by atoms with Crippen LogP contribution in [0.3, 0.4) is 0 Å². The minimum absolute atomic E-state index is 0.125. The number of nitrogens with zero attached hydrogens (tertiary/aromatic N) is 3. The largest absolute Gasteiger partial charge is 0.301 e. The zero-order valence-electron chi connectivity index (χ0n) is 13.6. The standard InChI is InChI=1S/C17H22ClN3O2/c1-3-19-6-8-20(9-7-19)15-11-16(22)21(17(15)23)13-5-4-12(2)14(18)10-13/h4-5,10,15H,3,6-9,11H2,1-2H3. The Bertz CT molecular complexity index is 626. The van der Waals surface area contributed by atoms with Crippen LogP contribution in [0.5, 0.6) is 0 Å². The fourth-order valence-corrected chi connectivity index (χ4v) is 3.46. The Morgan fingerprint density at radius 3 is 2.48 bits per heavy atom. The second-order valence-electron chi connectivity index (χ2n) is 6.19. The maximum absolute atomic E-state index is 12.8. The number of hydrogen-bond acceptors (Lipinski definition) is 4. The van der Waals surface area contributed by atoms with E-state index >= 15 is 0 Å². The number of carbonyl (C=O) groups excluding carboxylic acids is 2. The molecule has 2 heterocycles. The number of amides is 2. The van der Waals surface area contributed by atoms with Gasteiger partial charge in [-0.05, 0) is 31.2 Å². The zero-order valence-corrected chi connectivity index (χ0v) is 14.3. The van der Waals surface area contributed by atoms with Crippen LogP contribution in [-0.2, 0) is 9.59 Å². The molecule has 5 nitrogen and oxygen atoms in total. The van der Waals surface area contributed by atoms with Gasteiger partial charge in [0.05, 0.1) is 18.2 Å². The first-order chi connectivity index (χ1) is 11.0. The minimum atomic E-state index is -0.332. The lowest BCUT2D eigenvalue weighted by Gasteiger charge is -2.36. The summed E-state index contributed by atoms with van der Waals surface area (Å²) in [6, 6.07) is 4.99. The highest BCUT2D eigenvalue weighted by Gasteiger charge is 2.43. The Hall–Kier alpha value is -1.43. The van der Waals surface area contributed by atoms with E-state index in [0.717, 1.165) is 38.3 Å². The summed E-state index contributed by atoms with van der Waals surface area (Å²) in [7, 11) is 0. The van der Waals surface area contributed by atoms with Gasteiger partial charge in [0.25, 0.3) is 5.91 Å². The van der Waals surface area contributed by atoms with E-state index in [1.807, 2.05) is 13.0 Å². The third-order valence-corrected chi connectivity index (χ3v) is 5.24. The fraction of sp³-hybridized carbons (Fsp3) is 0.529. The van der Waals surface area contributed by atoms with Crippen molar-refractivity contribution in [1.29, 1.82) is 0 Å². The van der Waals surface area contributed by atoms with Crippen molar-refractivity contribution >= 4 is 29.1 Å². The summed E-state index contributed by atoms with van der Waals surface area (Å²) >= 11 is 6.14. The van der Waals surface area contributed by atoms with Crippen molar-refractivity contribution in [2.75, 3.05) is 37.6 Å². The molecule has 1 aromatic rings. The predicted octanol–water partition coefficient (Wildman–Crippen LogP) is 1.92. The molecule has 6 heteroatoms. The normalized spacial score (nSPS) is 23.8. The van der Waals surface area contributed by atoms with Crippen LogP contribution in [-0.4, -0.2) is 60.4 Å². The predicted molar refractivity (Wildman–Crippen MR) is 90.8 cm³/mol. The SMILES string of the molecule is CCN1CCN(C2CC(=O)N(c3ccc(C)c(Cl)c3)C2=O)CC1. The summed E-state index contributed by atoms with van der Waals surface area (Å²) in [5, 5.41) is 0.572. The van der Waals surface area contributed by atoms with Crippen molar-refractivity contribution in [3.63, 3.8) is 0 Å². The summed E-state index contributed by atoms with van der Waals surface area (Å²) in [4.78, 5) is 30.9. The van der Waals surface area contributed by atoms with E-state index in [1.54, 1.807) is 12.1 Å². The van der Waals surface area contributed by atoms with Gasteiger partial charge in [0.2, 0.25) is 5.91 Å². The molecule has 2 aliphatic heterocycles. The van der Waals surface area contributed by atoms with E-state index in [0.29, 0.717) is 10.7 Å². The second-order valence-corrected chi connectivity index (χ2v) is 6.60. The summed E-state index contributed by atoms with van der Waals surface area (Å²) in [5.41, 5.74) is 1.51. The van der Waals surface area contributed by atoms with E-state index < -0.39 is 0 Å². The molecule has 1 unspecified atom stereocenters. The van der Waals surface area contributed by atoms with E-state index in [4.69, 9.17) is 11.6 Å². The molecule has 0 aromatic heterocycles. The molecule has 0 saturated carbocycles. The molecule has 124 valence electrons. The molecule has 1 atom stereocenters. The number of rotatable bonds is 3. The molecule has 0 radical (unpaired) electrons. The lowest BCUT2D eigenvalue weighted by Crippen LogP contribution is -2.52. The molecular formula is C17H22ClN3O2. The average molecular weight is 336 g/mol. The highest BCUT2D eigenvalue weighted by Crippen LogP contribution is 2.29. The number of piperazine rings is 1. The van der Waals surface area contributed by atoms with Crippen LogP contribution >= 0.6 is 11.6 Å². The van der Waals surface area contributed by atoms with E-state index in [9.17, 15) is 9.59 Å². The van der Waals surface area contributed by atoms with Crippen LogP contribution in [0.1, 0.15) is 18.9 Å². The molecule has 0 bridgehead atoms. The second kappa shape index (κ2) is 6.59. The molecule has 2 fully saturated rings. The molecule has 0 aliphatic carbocycles. The average Bonchev–Trinajstić information content (AvgIpc) is 2.85. The van der Waals surface area contributed by atoms with Crippen LogP contribution in [0.15, 0.2) is 18.2 Å². The summed E-state index contributed by atoms with van der Waals surface area (Å²) in [6.07, 6.45) is 0.260. The Morgan fingerprint density at radius 2 is 1.87 bits per heavy atom. The van der Waals surface area contributed by atoms with Gasteiger partial charge in [0, 0.05) is 31.2 Å². The van der Waals surface area contributed by atoms with Gasteiger partial charge in [-0.25, -0.2) is 4.90 Å². The Kier molecular flexibility index (Phi) is 4.71. The van der Waals surface area contributed by atoms with E-state index in [-0.39, 0.29) is 24.3 Å². The number of aryl methyl sites for hydroxylation is 1. The van der Waals surface area contributed by atoms with Gasteiger partial charge >= 0.3 is 0 Å². The quantitative estimate of drug-likeness (QED) is 0.792. The third kappa shape index (κ3) is 3.13. The molecule has 0 spiro atoms. The molecule has 2 amide bonds. The first-order valence-electron chi connectivity index (χ1n) is 8.10. The van der Waals surface area contributed by atoms with Crippen molar-refractivity contribution in [2.45, 2.75) is 26.3 Å². The molecule has 2 saturated heterocycles. The maximum atomic E-state index is 12.8. The number of likely N-dealkylation sites (N-methyl/N-ethyl adjacent to an activating group) is 1. The van der Waals surface area contributed by atoms with Crippen molar-refractivity contribution < 1.29 is 9.59 Å². The van der Waals surface area contributed by atoms with Gasteiger partial charge in [0.1, 0.15) is 0 Å². The molecule has 23 heavy (non-hydrogen) atoms. The van der Waals surface area contributed by atoms with Crippen molar-refractivity contribution in [1.82, 2.24) is 9.80 Å². The minimum Gasteiger partial charge on any atom is -0.301 e. The summed E-state index contributed by atoms with van der Waals surface area (Å²) in [6.45, 7) is 8.63. The third-order valence-electron chi connectivity index (χ3n) is 4.83. The number of anilines is 1. The Morgan fingerprint density at radius 1 is 1.17 bits per heavy atom. The zero-order chi connectivity index (χ0) is 16.6. The summed E-state index contributed by atoms with van der Waals surface area (Å²) < 4.78 is 0. The number of hydrogen-bond donors (Lipinski definition) is 0. The molecular weight excluding hydrogens is 314 g/mol. The lowest BCUT2D eigenvalue weighted by molar-refractivity contribution is -0.123. The van der Waals surface area contributed by atoms with Gasteiger partial charge in [0.15, 0.2) is 0 Å². The van der Waals surface area contributed by atoms with Gasteiger partial charge < -0.3 is 4.90 Å². The monoisotopic (exact) mass is 335 g/mol. The van der Waals surface area contributed by atoms with Gasteiger partial charge in [-0.2, -0.15) is 0 Å². The number of imide groups is 1. The van der Waals surface area contributed by atoms with Crippen molar-refractivity contribution in [2.24, 2.45) is 0 Å². The van der Waals surface area contributed by atoms with Crippen molar-refractivity contribution in [3.8, 4) is 0 Å². The smallest absolute Gasteiger partial charge is 0.251 e. The molecule has 2 aliphatic rings. The maximum Gasteiger partial charge on any atom is 0.251 e. The van der Waals surface area contributed by atoms with Crippen LogP contribution in [0.4, 0.5) is 5.69 Å². The van der Waals surface area contributed by atoms with Crippen LogP contribution in [0, 0.1) is 6.92 Å². The molecule has 3 rings (SSSR count). The van der Waals surface area contributed by atoms with Gasteiger partial charge in [-0.15, -0.1) is 0 Å². The van der Waals surface area contributed by atoms with Gasteiger partial charge in [-0.1, -0.05) is 24.6 Å². The Balaban J connectivity index is 1.76. The summed E-state index contributed by atoms with van der Waals surface area (Å²) in [5.74, 6) is -0.266. The molecule has 0 N–H and O–H groups in total. The van der Waals surface area contributed by atoms with Crippen LogP contribution < -0.4 is 4.90 Å². The van der Waals surface area contributed by atoms with E-state index in [2.05, 4.69) is 16.7 Å². The number of halogens is 1. The fourth-order valence-electron chi connectivity index (χ4n) is 3.28. The van der Waals surface area contributed by atoms with E-state index in [1.165, 1.54) is 4.90 Å². The van der Waals surface area contributed by atoms with Crippen molar-refractivity contribution in [3.05, 3.63) is 28.8 Å². The topological polar surface area (TPSA) is 43.9 Å².